The average molecular weight is 446 g/mol. The molecule has 136 valence electrons. The van der Waals surface area contributed by atoms with Crippen molar-refractivity contribution in [2.45, 2.75) is 18.8 Å². The summed E-state index contributed by atoms with van der Waals surface area (Å²) in [6.45, 7) is 4.71. The van der Waals surface area contributed by atoms with E-state index in [1.165, 1.54) is 17.5 Å². The van der Waals surface area contributed by atoms with E-state index in [2.05, 4.69) is 51.8 Å². The average Bonchev–Trinajstić information content (AvgIpc) is 2.54. The molecule has 0 aromatic heterocycles. The Labute approximate surface area is 163 Å². The predicted octanol–water partition coefficient (Wildman–Crippen LogP) is 2.08. The molecule has 1 aromatic rings. The summed E-state index contributed by atoms with van der Waals surface area (Å²) < 4.78 is 5.08. The fourth-order valence-corrected chi connectivity index (χ4v) is 2.94. The number of likely N-dealkylation sites (N-methyl/N-ethyl adjacent to an activating group) is 1. The fourth-order valence-electron chi connectivity index (χ4n) is 2.94. The van der Waals surface area contributed by atoms with Crippen LogP contribution in [0.4, 0.5) is 0 Å². The zero-order chi connectivity index (χ0) is 16.5. The van der Waals surface area contributed by atoms with Gasteiger partial charge >= 0.3 is 0 Å². The van der Waals surface area contributed by atoms with Crippen LogP contribution >= 0.6 is 24.0 Å². The zero-order valence-corrected chi connectivity index (χ0v) is 17.4. The van der Waals surface area contributed by atoms with E-state index in [9.17, 15) is 0 Å². The van der Waals surface area contributed by atoms with Crippen molar-refractivity contribution in [3.63, 3.8) is 0 Å². The number of methoxy groups -OCH3 is 1. The number of guanidine groups is 1. The van der Waals surface area contributed by atoms with Crippen molar-refractivity contribution in [3.8, 4) is 0 Å². The minimum Gasteiger partial charge on any atom is -0.385 e. The van der Waals surface area contributed by atoms with Gasteiger partial charge in [0.05, 0.1) is 0 Å². The molecule has 6 heteroatoms. The Hall–Kier alpha value is -0.860. The lowest BCUT2D eigenvalue weighted by molar-refractivity contribution is 0.180. The quantitative estimate of drug-likeness (QED) is 0.264. The number of rotatable bonds is 9. The Bertz CT molecular complexity index is 510. The second-order valence-electron chi connectivity index (χ2n) is 6.13. The van der Waals surface area contributed by atoms with Gasteiger partial charge in [0.25, 0.3) is 0 Å². The third-order valence-electron chi connectivity index (χ3n) is 4.38. The first-order valence-corrected chi connectivity index (χ1v) is 8.44. The fraction of sp³-hybridized carbons (Fsp3) is 0.611. The van der Waals surface area contributed by atoms with E-state index in [1.807, 2.05) is 7.05 Å². The van der Waals surface area contributed by atoms with Crippen LogP contribution in [0.3, 0.4) is 0 Å². The van der Waals surface area contributed by atoms with Crippen LogP contribution < -0.4 is 10.6 Å². The molecule has 0 saturated heterocycles. The molecule has 0 spiro atoms. The largest absolute Gasteiger partial charge is 0.385 e. The summed E-state index contributed by atoms with van der Waals surface area (Å²) in [5, 5.41) is 6.82. The van der Waals surface area contributed by atoms with Gasteiger partial charge < -0.3 is 20.3 Å². The molecule has 0 bridgehead atoms. The van der Waals surface area contributed by atoms with E-state index >= 15 is 0 Å². The van der Waals surface area contributed by atoms with Crippen molar-refractivity contribution in [2.75, 3.05) is 54.0 Å². The van der Waals surface area contributed by atoms with E-state index in [-0.39, 0.29) is 24.0 Å². The van der Waals surface area contributed by atoms with Crippen LogP contribution in [0, 0.1) is 0 Å². The standard InChI is InChI=1S/C18H30N4O.HI/c1-19-18(20-9-11-22(2)10-6-12-23-3)21-14-16-13-15-7-4-5-8-17(15)16;/h4-5,7-8,16H,6,9-14H2,1-3H3,(H2,19,20,21);1H. The van der Waals surface area contributed by atoms with Gasteiger partial charge in [-0.3, -0.25) is 4.99 Å². The van der Waals surface area contributed by atoms with Gasteiger partial charge in [0.2, 0.25) is 0 Å². The molecular formula is C18H31IN4O. The molecule has 24 heavy (non-hydrogen) atoms. The third kappa shape index (κ3) is 6.57. The molecule has 1 atom stereocenters. The highest BCUT2D eigenvalue weighted by molar-refractivity contribution is 14.0. The number of aliphatic imine (C=N–C) groups is 1. The van der Waals surface area contributed by atoms with Crippen molar-refractivity contribution < 1.29 is 4.74 Å². The topological polar surface area (TPSA) is 48.9 Å². The summed E-state index contributed by atoms with van der Waals surface area (Å²) in [6.07, 6.45) is 2.24. The molecule has 0 heterocycles. The molecule has 1 aliphatic rings. The SMILES string of the molecule is CN=C(NCCN(C)CCCOC)NCC1Cc2ccccc21.I. The van der Waals surface area contributed by atoms with Crippen LogP contribution in [-0.4, -0.2) is 64.9 Å². The molecular weight excluding hydrogens is 415 g/mol. The van der Waals surface area contributed by atoms with Crippen LogP contribution in [-0.2, 0) is 11.2 Å². The molecule has 0 amide bonds. The van der Waals surface area contributed by atoms with Gasteiger partial charge in [-0.05, 0) is 31.0 Å². The first kappa shape index (κ1) is 21.2. The summed E-state index contributed by atoms with van der Waals surface area (Å²) in [6, 6.07) is 8.69. The summed E-state index contributed by atoms with van der Waals surface area (Å²) >= 11 is 0. The number of ether oxygens (including phenoxy) is 1. The van der Waals surface area contributed by atoms with Crippen LogP contribution in [0.5, 0.6) is 0 Å². The first-order valence-electron chi connectivity index (χ1n) is 8.44. The number of nitrogens with one attached hydrogen (secondary N) is 2. The van der Waals surface area contributed by atoms with E-state index in [1.54, 1.807) is 7.11 Å². The van der Waals surface area contributed by atoms with Gasteiger partial charge in [0, 0.05) is 52.9 Å². The van der Waals surface area contributed by atoms with E-state index in [0.717, 1.165) is 45.2 Å². The Morgan fingerprint density at radius 2 is 2.08 bits per heavy atom. The second kappa shape index (κ2) is 11.7. The lowest BCUT2D eigenvalue weighted by Crippen LogP contribution is -2.43. The summed E-state index contributed by atoms with van der Waals surface area (Å²) in [4.78, 5) is 6.61. The maximum atomic E-state index is 5.08. The third-order valence-corrected chi connectivity index (χ3v) is 4.38. The zero-order valence-electron chi connectivity index (χ0n) is 15.0. The lowest BCUT2D eigenvalue weighted by Gasteiger charge is -2.30. The van der Waals surface area contributed by atoms with Crippen molar-refractivity contribution in [1.82, 2.24) is 15.5 Å². The molecule has 0 radical (unpaired) electrons. The molecule has 2 rings (SSSR count). The number of nitrogens with zero attached hydrogens (tertiary/aromatic N) is 2. The molecule has 1 aromatic carbocycles. The summed E-state index contributed by atoms with van der Waals surface area (Å²) in [5.74, 6) is 1.50. The number of hydrogen-bond acceptors (Lipinski definition) is 3. The van der Waals surface area contributed by atoms with Crippen molar-refractivity contribution >= 4 is 29.9 Å². The highest BCUT2D eigenvalue weighted by Crippen LogP contribution is 2.33. The summed E-state index contributed by atoms with van der Waals surface area (Å²) in [5.41, 5.74) is 2.97. The number of halogens is 1. The molecule has 0 fully saturated rings. The van der Waals surface area contributed by atoms with Gasteiger partial charge in [-0.1, -0.05) is 24.3 Å². The highest BCUT2D eigenvalue weighted by atomic mass is 127. The van der Waals surface area contributed by atoms with Gasteiger partial charge in [0.1, 0.15) is 0 Å². The number of fused-ring (bicyclic) bond motifs is 1. The molecule has 1 aliphatic carbocycles. The van der Waals surface area contributed by atoms with Gasteiger partial charge in [0.15, 0.2) is 5.96 Å². The Balaban J connectivity index is 0.00000288. The Morgan fingerprint density at radius 1 is 1.29 bits per heavy atom. The molecule has 0 aliphatic heterocycles. The van der Waals surface area contributed by atoms with Crippen molar-refractivity contribution in [1.29, 1.82) is 0 Å². The van der Waals surface area contributed by atoms with Crippen LogP contribution in [0.1, 0.15) is 23.5 Å². The molecule has 5 nitrogen and oxygen atoms in total. The summed E-state index contributed by atoms with van der Waals surface area (Å²) in [7, 11) is 5.71. The Morgan fingerprint density at radius 3 is 2.79 bits per heavy atom. The van der Waals surface area contributed by atoms with E-state index in [0.29, 0.717) is 5.92 Å². The first-order chi connectivity index (χ1) is 11.2. The monoisotopic (exact) mass is 446 g/mol. The predicted molar refractivity (Wildman–Crippen MR) is 112 cm³/mol. The Kier molecular flexibility index (Phi) is 10.3. The maximum Gasteiger partial charge on any atom is 0.191 e. The van der Waals surface area contributed by atoms with Gasteiger partial charge in [-0.2, -0.15) is 0 Å². The number of hydrogen-bond donors (Lipinski definition) is 2. The van der Waals surface area contributed by atoms with Crippen LogP contribution in [0.15, 0.2) is 29.3 Å². The minimum absolute atomic E-state index is 0. The molecule has 1 unspecified atom stereocenters. The van der Waals surface area contributed by atoms with Crippen LogP contribution in [0.25, 0.3) is 0 Å². The van der Waals surface area contributed by atoms with Crippen LogP contribution in [0.2, 0.25) is 0 Å². The second-order valence-corrected chi connectivity index (χ2v) is 6.13. The van der Waals surface area contributed by atoms with E-state index < -0.39 is 0 Å². The van der Waals surface area contributed by atoms with Gasteiger partial charge in [-0.15, -0.1) is 24.0 Å². The lowest BCUT2D eigenvalue weighted by atomic mass is 9.78. The highest BCUT2D eigenvalue weighted by Gasteiger charge is 2.25. The normalized spacial score (nSPS) is 16.2. The minimum atomic E-state index is 0. The van der Waals surface area contributed by atoms with Crippen molar-refractivity contribution in [3.05, 3.63) is 35.4 Å². The maximum absolute atomic E-state index is 5.08. The van der Waals surface area contributed by atoms with Gasteiger partial charge in [-0.25, -0.2) is 0 Å². The molecule has 0 saturated carbocycles. The molecule has 2 N–H and O–H groups in total. The smallest absolute Gasteiger partial charge is 0.191 e. The van der Waals surface area contributed by atoms with E-state index in [4.69, 9.17) is 4.74 Å². The van der Waals surface area contributed by atoms with Crippen molar-refractivity contribution in [2.24, 2.45) is 4.99 Å². The number of benzene rings is 1.